The van der Waals surface area contributed by atoms with Crippen LogP contribution >= 0.6 is 0 Å². The quantitative estimate of drug-likeness (QED) is 0.691. The number of hydrogen-bond acceptors (Lipinski definition) is 5. The van der Waals surface area contributed by atoms with Crippen molar-refractivity contribution in [3.8, 4) is 5.75 Å². The Morgan fingerprint density at radius 1 is 1.33 bits per heavy atom. The van der Waals surface area contributed by atoms with Gasteiger partial charge in [-0.1, -0.05) is 12.1 Å². The standard InChI is InChI=1S/C18H19FN2O5S/c1-27(24,25)21-15-4-2-3-13-12(15)7-8-20-18(13)14-9-11(19)5-6-16(14)26-10-17(22)23/h2-6,9,18,20-21H,7-8,10H2,1H3,(H,22,23). The molecule has 27 heavy (non-hydrogen) atoms. The van der Waals surface area contributed by atoms with Gasteiger partial charge in [-0.15, -0.1) is 0 Å². The van der Waals surface area contributed by atoms with E-state index in [9.17, 15) is 17.6 Å². The maximum Gasteiger partial charge on any atom is 0.341 e. The maximum absolute atomic E-state index is 13.9. The number of carboxylic acids is 1. The minimum Gasteiger partial charge on any atom is -0.482 e. The van der Waals surface area contributed by atoms with E-state index in [2.05, 4.69) is 10.0 Å². The topological polar surface area (TPSA) is 105 Å². The van der Waals surface area contributed by atoms with Gasteiger partial charge >= 0.3 is 5.97 Å². The van der Waals surface area contributed by atoms with E-state index < -0.39 is 34.5 Å². The normalized spacial score (nSPS) is 16.4. The zero-order valence-corrected chi connectivity index (χ0v) is 15.3. The van der Waals surface area contributed by atoms with E-state index in [0.29, 0.717) is 24.2 Å². The molecule has 0 radical (unpaired) electrons. The van der Waals surface area contributed by atoms with E-state index in [-0.39, 0.29) is 5.75 Å². The summed E-state index contributed by atoms with van der Waals surface area (Å²) in [6, 6.07) is 8.63. The van der Waals surface area contributed by atoms with E-state index in [1.54, 1.807) is 12.1 Å². The second kappa shape index (κ2) is 7.53. The Morgan fingerprint density at radius 3 is 2.81 bits per heavy atom. The van der Waals surface area contributed by atoms with Crippen molar-refractivity contribution in [1.29, 1.82) is 0 Å². The third kappa shape index (κ3) is 4.55. The van der Waals surface area contributed by atoms with Gasteiger partial charge in [0.1, 0.15) is 11.6 Å². The Morgan fingerprint density at radius 2 is 2.11 bits per heavy atom. The van der Waals surface area contributed by atoms with Crippen LogP contribution in [0.15, 0.2) is 36.4 Å². The molecule has 0 saturated carbocycles. The molecule has 3 N–H and O–H groups in total. The Kier molecular flexibility index (Phi) is 5.33. The van der Waals surface area contributed by atoms with Crippen LogP contribution in [0.25, 0.3) is 0 Å². The summed E-state index contributed by atoms with van der Waals surface area (Å²) in [5.41, 5.74) is 2.51. The number of nitrogens with one attached hydrogen (secondary N) is 2. The van der Waals surface area contributed by atoms with Crippen molar-refractivity contribution in [3.05, 3.63) is 58.9 Å². The highest BCUT2D eigenvalue weighted by Gasteiger charge is 2.27. The van der Waals surface area contributed by atoms with Crippen LogP contribution in [-0.2, 0) is 21.2 Å². The molecule has 1 aliphatic rings. The molecule has 144 valence electrons. The molecule has 3 rings (SSSR count). The van der Waals surface area contributed by atoms with Crippen molar-refractivity contribution in [1.82, 2.24) is 5.32 Å². The number of benzene rings is 2. The predicted molar refractivity (Wildman–Crippen MR) is 98.0 cm³/mol. The summed E-state index contributed by atoms with van der Waals surface area (Å²) >= 11 is 0. The van der Waals surface area contributed by atoms with Crippen LogP contribution in [0, 0.1) is 5.82 Å². The third-order valence-electron chi connectivity index (χ3n) is 4.18. The Balaban J connectivity index is 2.05. The molecule has 1 unspecified atom stereocenters. The lowest BCUT2D eigenvalue weighted by Gasteiger charge is -2.30. The van der Waals surface area contributed by atoms with Gasteiger partial charge < -0.3 is 15.2 Å². The molecule has 9 heteroatoms. The average molecular weight is 394 g/mol. The van der Waals surface area contributed by atoms with Crippen LogP contribution in [0.4, 0.5) is 10.1 Å². The third-order valence-corrected chi connectivity index (χ3v) is 4.77. The monoisotopic (exact) mass is 394 g/mol. The minimum absolute atomic E-state index is 0.255. The number of rotatable bonds is 6. The largest absolute Gasteiger partial charge is 0.482 e. The molecule has 0 bridgehead atoms. The van der Waals surface area contributed by atoms with Gasteiger partial charge in [-0.25, -0.2) is 17.6 Å². The predicted octanol–water partition coefficient (Wildman–Crippen LogP) is 1.90. The lowest BCUT2D eigenvalue weighted by Crippen LogP contribution is -2.32. The lowest BCUT2D eigenvalue weighted by molar-refractivity contribution is -0.139. The molecule has 1 heterocycles. The molecule has 2 aromatic rings. The molecule has 7 nitrogen and oxygen atoms in total. The van der Waals surface area contributed by atoms with Crippen molar-refractivity contribution < 1.29 is 27.4 Å². The van der Waals surface area contributed by atoms with Crippen molar-refractivity contribution in [2.45, 2.75) is 12.5 Å². The molecule has 0 spiro atoms. The van der Waals surface area contributed by atoms with E-state index in [0.717, 1.165) is 17.4 Å². The number of carboxylic acid groups (broad SMARTS) is 1. The molecule has 1 atom stereocenters. The number of carbonyl (C=O) groups is 1. The fraction of sp³-hybridized carbons (Fsp3) is 0.278. The molecule has 1 aliphatic heterocycles. The first-order valence-electron chi connectivity index (χ1n) is 8.21. The lowest BCUT2D eigenvalue weighted by atomic mass is 9.88. The summed E-state index contributed by atoms with van der Waals surface area (Å²) in [5.74, 6) is -1.36. The molecule has 0 amide bonds. The van der Waals surface area contributed by atoms with Gasteiger partial charge in [0, 0.05) is 12.1 Å². The number of hydrogen-bond donors (Lipinski definition) is 3. The fourth-order valence-electron chi connectivity index (χ4n) is 3.19. The Hall–Kier alpha value is -2.65. The molecule has 0 saturated heterocycles. The van der Waals surface area contributed by atoms with Crippen molar-refractivity contribution in [3.63, 3.8) is 0 Å². The summed E-state index contributed by atoms with van der Waals surface area (Å²) in [5, 5.41) is 12.1. The summed E-state index contributed by atoms with van der Waals surface area (Å²) in [4.78, 5) is 10.8. The van der Waals surface area contributed by atoms with E-state index in [1.807, 2.05) is 6.07 Å². The molecule has 0 aromatic heterocycles. The first-order chi connectivity index (χ1) is 12.7. The average Bonchev–Trinajstić information content (AvgIpc) is 2.59. The summed E-state index contributed by atoms with van der Waals surface area (Å²) in [6.07, 6.45) is 1.67. The van der Waals surface area contributed by atoms with Crippen LogP contribution in [0.1, 0.15) is 22.7 Å². The van der Waals surface area contributed by atoms with Crippen LogP contribution < -0.4 is 14.8 Å². The number of sulfonamides is 1. The fourth-order valence-corrected chi connectivity index (χ4v) is 3.79. The van der Waals surface area contributed by atoms with Gasteiger partial charge in [-0.3, -0.25) is 4.72 Å². The minimum atomic E-state index is -3.45. The zero-order chi connectivity index (χ0) is 19.6. The number of halogens is 1. The summed E-state index contributed by atoms with van der Waals surface area (Å²) in [6.45, 7) is -0.0110. The number of anilines is 1. The first kappa shape index (κ1) is 19.1. The van der Waals surface area contributed by atoms with Crippen molar-refractivity contribution in [2.75, 3.05) is 24.1 Å². The Bertz CT molecular complexity index is 978. The Labute approximate surface area is 156 Å². The van der Waals surface area contributed by atoms with Crippen molar-refractivity contribution in [2.24, 2.45) is 0 Å². The maximum atomic E-state index is 13.9. The SMILES string of the molecule is CS(=O)(=O)Nc1cccc2c1CCNC2c1cc(F)ccc1OCC(=O)O. The highest BCUT2D eigenvalue weighted by Crippen LogP contribution is 2.37. The van der Waals surface area contributed by atoms with Crippen LogP contribution in [0.5, 0.6) is 5.75 Å². The van der Waals surface area contributed by atoms with Crippen LogP contribution in [0.2, 0.25) is 0 Å². The second-order valence-electron chi connectivity index (χ2n) is 6.25. The van der Waals surface area contributed by atoms with Gasteiger partial charge in [-0.05, 0) is 41.8 Å². The molecular weight excluding hydrogens is 375 g/mol. The first-order valence-corrected chi connectivity index (χ1v) is 10.1. The zero-order valence-electron chi connectivity index (χ0n) is 14.5. The highest BCUT2D eigenvalue weighted by molar-refractivity contribution is 7.92. The van der Waals surface area contributed by atoms with Gasteiger partial charge in [0.25, 0.3) is 0 Å². The summed E-state index contributed by atoms with van der Waals surface area (Å²) < 4.78 is 45.0. The molecule has 2 aromatic carbocycles. The van der Waals surface area contributed by atoms with Crippen molar-refractivity contribution >= 4 is 21.7 Å². The second-order valence-corrected chi connectivity index (χ2v) is 8.00. The molecule has 0 aliphatic carbocycles. The van der Waals surface area contributed by atoms with Gasteiger partial charge in [0.05, 0.1) is 18.0 Å². The van der Waals surface area contributed by atoms with Gasteiger partial charge in [-0.2, -0.15) is 0 Å². The smallest absolute Gasteiger partial charge is 0.341 e. The van der Waals surface area contributed by atoms with E-state index >= 15 is 0 Å². The van der Waals surface area contributed by atoms with Gasteiger partial charge in [0.2, 0.25) is 10.0 Å². The van der Waals surface area contributed by atoms with Gasteiger partial charge in [0.15, 0.2) is 6.61 Å². The highest BCUT2D eigenvalue weighted by atomic mass is 32.2. The van der Waals surface area contributed by atoms with E-state index in [1.165, 1.54) is 18.2 Å². The summed E-state index contributed by atoms with van der Waals surface area (Å²) in [7, 11) is -3.45. The van der Waals surface area contributed by atoms with E-state index in [4.69, 9.17) is 9.84 Å². The number of aliphatic carboxylic acids is 1. The van der Waals surface area contributed by atoms with Crippen LogP contribution in [-0.4, -0.2) is 38.9 Å². The molecular formula is C18H19FN2O5S. The number of ether oxygens (including phenoxy) is 1. The number of fused-ring (bicyclic) bond motifs is 1. The van der Waals surface area contributed by atoms with Crippen LogP contribution in [0.3, 0.4) is 0 Å². The molecule has 0 fully saturated rings.